The minimum atomic E-state index is -0.358. The van der Waals surface area contributed by atoms with Crippen molar-refractivity contribution in [3.8, 4) is 0 Å². The molecule has 1 aliphatic rings. The summed E-state index contributed by atoms with van der Waals surface area (Å²) in [6.07, 6.45) is 5.49. The molecule has 0 aromatic heterocycles. The third-order valence-corrected chi connectivity index (χ3v) is 2.02. The van der Waals surface area contributed by atoms with Crippen LogP contribution in [0.4, 0.5) is 0 Å². The highest BCUT2D eigenvalue weighted by Crippen LogP contribution is 2.08. The molecule has 15 heavy (non-hydrogen) atoms. The lowest BCUT2D eigenvalue weighted by atomic mass is 10.2. The Morgan fingerprint density at radius 1 is 1.33 bits per heavy atom. The van der Waals surface area contributed by atoms with E-state index in [2.05, 4.69) is 13.8 Å². The van der Waals surface area contributed by atoms with Crippen LogP contribution >= 0.6 is 0 Å². The van der Waals surface area contributed by atoms with E-state index in [1.165, 1.54) is 25.7 Å². The summed E-state index contributed by atoms with van der Waals surface area (Å²) in [6, 6.07) is 0. The summed E-state index contributed by atoms with van der Waals surface area (Å²) < 4.78 is 9.93. The van der Waals surface area contributed by atoms with Gasteiger partial charge in [-0.3, -0.25) is 0 Å². The Hall–Kier alpha value is -0.120. The highest BCUT2D eigenvalue weighted by molar-refractivity contribution is 4.67. The molecule has 0 radical (unpaired) electrons. The maximum atomic E-state index is 8.72. The van der Waals surface area contributed by atoms with Gasteiger partial charge in [-0.2, -0.15) is 0 Å². The van der Waals surface area contributed by atoms with Gasteiger partial charge in [0.15, 0.2) is 0 Å². The Labute approximate surface area is 93.8 Å². The molecule has 0 aliphatic carbocycles. The van der Waals surface area contributed by atoms with E-state index < -0.39 is 0 Å². The zero-order valence-electron chi connectivity index (χ0n) is 10.4. The molecule has 0 aromatic rings. The first kappa shape index (κ1) is 14.9. The highest BCUT2D eigenvalue weighted by Gasteiger charge is 2.22. The molecule has 1 fully saturated rings. The van der Waals surface area contributed by atoms with Crippen molar-refractivity contribution in [3.05, 3.63) is 0 Å². The summed E-state index contributed by atoms with van der Waals surface area (Å²) in [5, 5.41) is 8.72. The predicted octanol–water partition coefficient (Wildman–Crippen LogP) is 2.37. The largest absolute Gasteiger partial charge is 0.391 e. The van der Waals surface area contributed by atoms with Crippen molar-refractivity contribution in [1.29, 1.82) is 0 Å². The van der Waals surface area contributed by atoms with Crippen LogP contribution in [0.1, 0.15) is 46.5 Å². The number of ether oxygens (including phenoxy) is 2. The molecule has 0 aromatic carbocycles. The molecule has 92 valence electrons. The zero-order valence-corrected chi connectivity index (χ0v) is 10.4. The van der Waals surface area contributed by atoms with Gasteiger partial charge >= 0.3 is 0 Å². The van der Waals surface area contributed by atoms with Crippen molar-refractivity contribution in [2.75, 3.05) is 19.8 Å². The van der Waals surface area contributed by atoms with Crippen LogP contribution in [0.3, 0.4) is 0 Å². The standard InChI is InChI=1S/C6H12O3.C6H14/c1-5(7)2-8-3-6-4-9-6;1-3-5-6-4-2/h5-7H,2-4H2,1H3;3-6H2,1-2H3. The lowest BCUT2D eigenvalue weighted by molar-refractivity contribution is 0.0392. The Morgan fingerprint density at radius 2 is 1.87 bits per heavy atom. The SMILES string of the molecule is CC(O)COCC1CO1.CCCCCC. The number of aliphatic hydroxyl groups excluding tert-OH is 1. The monoisotopic (exact) mass is 218 g/mol. The van der Waals surface area contributed by atoms with Gasteiger partial charge in [-0.25, -0.2) is 0 Å². The minimum absolute atomic E-state index is 0.309. The van der Waals surface area contributed by atoms with Crippen LogP contribution < -0.4 is 0 Å². The van der Waals surface area contributed by atoms with E-state index in [9.17, 15) is 0 Å². The van der Waals surface area contributed by atoms with Crippen molar-refractivity contribution in [2.45, 2.75) is 58.7 Å². The van der Waals surface area contributed by atoms with Crippen LogP contribution in [0.25, 0.3) is 0 Å². The number of hydrogen-bond acceptors (Lipinski definition) is 3. The van der Waals surface area contributed by atoms with E-state index >= 15 is 0 Å². The van der Waals surface area contributed by atoms with Gasteiger partial charge in [-0.1, -0.05) is 39.5 Å². The molecule has 0 spiro atoms. The van der Waals surface area contributed by atoms with Crippen LogP contribution in [0.15, 0.2) is 0 Å². The summed E-state index contributed by atoms with van der Waals surface area (Å²) in [6.45, 7) is 8.03. The number of unbranched alkanes of at least 4 members (excludes halogenated alkanes) is 3. The van der Waals surface area contributed by atoms with Crippen LogP contribution in [0.2, 0.25) is 0 Å². The number of hydrogen-bond donors (Lipinski definition) is 1. The first-order valence-electron chi connectivity index (χ1n) is 6.08. The number of aliphatic hydroxyl groups is 1. The normalized spacial score (nSPS) is 20.4. The fraction of sp³-hybridized carbons (Fsp3) is 1.00. The Balaban J connectivity index is 0.000000288. The summed E-state index contributed by atoms with van der Waals surface area (Å²) in [7, 11) is 0. The van der Waals surface area contributed by atoms with Crippen LogP contribution in [-0.2, 0) is 9.47 Å². The first-order valence-corrected chi connectivity index (χ1v) is 6.08. The molecule has 3 nitrogen and oxygen atoms in total. The maximum absolute atomic E-state index is 8.72. The Kier molecular flexibility index (Phi) is 10.3. The van der Waals surface area contributed by atoms with Crippen molar-refractivity contribution < 1.29 is 14.6 Å². The summed E-state index contributed by atoms with van der Waals surface area (Å²) in [5.41, 5.74) is 0. The fourth-order valence-electron chi connectivity index (χ4n) is 1.03. The molecule has 2 atom stereocenters. The maximum Gasteiger partial charge on any atom is 0.104 e. The van der Waals surface area contributed by atoms with Crippen LogP contribution in [0.5, 0.6) is 0 Å². The highest BCUT2D eigenvalue weighted by atomic mass is 16.6. The molecule has 1 saturated heterocycles. The lowest BCUT2D eigenvalue weighted by Crippen LogP contribution is -2.13. The van der Waals surface area contributed by atoms with Crippen molar-refractivity contribution in [2.24, 2.45) is 0 Å². The topological polar surface area (TPSA) is 42.0 Å². The van der Waals surface area contributed by atoms with E-state index in [1.54, 1.807) is 6.92 Å². The molecular weight excluding hydrogens is 192 g/mol. The van der Waals surface area contributed by atoms with Gasteiger partial charge in [0, 0.05) is 0 Å². The second-order valence-corrected chi connectivity index (χ2v) is 4.05. The van der Waals surface area contributed by atoms with E-state index in [0.29, 0.717) is 19.3 Å². The molecule has 0 amide bonds. The lowest BCUT2D eigenvalue weighted by Gasteiger charge is -2.02. The zero-order chi connectivity index (χ0) is 11.5. The van der Waals surface area contributed by atoms with Crippen LogP contribution in [-0.4, -0.2) is 37.1 Å². The van der Waals surface area contributed by atoms with Crippen molar-refractivity contribution in [1.82, 2.24) is 0 Å². The smallest absolute Gasteiger partial charge is 0.104 e. The molecule has 2 unspecified atom stereocenters. The van der Waals surface area contributed by atoms with Crippen molar-refractivity contribution in [3.63, 3.8) is 0 Å². The molecule has 0 saturated carbocycles. The third kappa shape index (κ3) is 13.9. The van der Waals surface area contributed by atoms with Gasteiger partial charge in [0.25, 0.3) is 0 Å². The summed E-state index contributed by atoms with van der Waals surface area (Å²) in [5.74, 6) is 0. The average molecular weight is 218 g/mol. The van der Waals surface area contributed by atoms with Gasteiger partial charge in [-0.15, -0.1) is 0 Å². The molecule has 1 N–H and O–H groups in total. The predicted molar refractivity (Wildman–Crippen MR) is 62.1 cm³/mol. The molecule has 0 bridgehead atoms. The van der Waals surface area contributed by atoms with Gasteiger partial charge in [0.2, 0.25) is 0 Å². The van der Waals surface area contributed by atoms with E-state index in [0.717, 1.165) is 6.61 Å². The molecule has 3 heteroatoms. The van der Waals surface area contributed by atoms with E-state index in [4.69, 9.17) is 14.6 Å². The Morgan fingerprint density at radius 3 is 2.20 bits per heavy atom. The summed E-state index contributed by atoms with van der Waals surface area (Å²) >= 11 is 0. The quantitative estimate of drug-likeness (QED) is 0.527. The minimum Gasteiger partial charge on any atom is -0.391 e. The van der Waals surface area contributed by atoms with E-state index in [1.807, 2.05) is 0 Å². The molecule has 1 heterocycles. The van der Waals surface area contributed by atoms with Gasteiger partial charge in [0.05, 0.1) is 25.9 Å². The molecule has 1 aliphatic heterocycles. The van der Waals surface area contributed by atoms with Gasteiger partial charge in [0.1, 0.15) is 6.10 Å². The van der Waals surface area contributed by atoms with Crippen molar-refractivity contribution >= 4 is 0 Å². The van der Waals surface area contributed by atoms with E-state index in [-0.39, 0.29) is 6.10 Å². The molecular formula is C12H26O3. The number of rotatable bonds is 7. The average Bonchev–Trinajstić information content (AvgIpc) is 2.99. The number of epoxide rings is 1. The Bertz CT molecular complexity index is 116. The molecule has 1 rings (SSSR count). The van der Waals surface area contributed by atoms with Gasteiger partial charge in [-0.05, 0) is 6.92 Å². The second-order valence-electron chi connectivity index (χ2n) is 4.05. The first-order chi connectivity index (χ1) is 7.20. The third-order valence-electron chi connectivity index (χ3n) is 2.02. The van der Waals surface area contributed by atoms with Crippen LogP contribution in [0, 0.1) is 0 Å². The fourth-order valence-corrected chi connectivity index (χ4v) is 1.03. The van der Waals surface area contributed by atoms with Gasteiger partial charge < -0.3 is 14.6 Å². The summed E-state index contributed by atoms with van der Waals surface area (Å²) in [4.78, 5) is 0. The second kappa shape index (κ2) is 10.4.